The van der Waals surface area contributed by atoms with Crippen LogP contribution in [0.2, 0.25) is 0 Å². The van der Waals surface area contributed by atoms with Gasteiger partial charge in [0.25, 0.3) is 0 Å². The highest BCUT2D eigenvalue weighted by atomic mass is 32.1. The number of aryl methyl sites for hydroxylation is 2. The molecule has 0 aliphatic rings. The standard InChI is InChI=1S/C9H10N2OS/c1-5-4-13-9-7(5)10-11(3)8(9)6(2)12/h4H,1-3H3. The van der Waals surface area contributed by atoms with Crippen molar-refractivity contribution < 1.29 is 4.79 Å². The van der Waals surface area contributed by atoms with E-state index in [2.05, 4.69) is 5.10 Å². The van der Waals surface area contributed by atoms with Crippen LogP contribution >= 0.6 is 11.3 Å². The monoisotopic (exact) mass is 194 g/mol. The Morgan fingerprint density at radius 3 is 2.92 bits per heavy atom. The Labute approximate surface area is 80.0 Å². The average molecular weight is 194 g/mol. The third-order valence-corrected chi connectivity index (χ3v) is 3.16. The third kappa shape index (κ3) is 1.09. The van der Waals surface area contributed by atoms with E-state index in [0.717, 1.165) is 15.8 Å². The van der Waals surface area contributed by atoms with Gasteiger partial charge in [0.2, 0.25) is 0 Å². The maximum Gasteiger partial charge on any atom is 0.179 e. The maximum absolute atomic E-state index is 11.3. The molecule has 0 saturated carbocycles. The molecule has 0 atom stereocenters. The van der Waals surface area contributed by atoms with Gasteiger partial charge in [0, 0.05) is 14.0 Å². The van der Waals surface area contributed by atoms with Crippen LogP contribution in [-0.4, -0.2) is 15.6 Å². The van der Waals surface area contributed by atoms with Gasteiger partial charge in [0.15, 0.2) is 5.78 Å². The number of ketones is 1. The van der Waals surface area contributed by atoms with Crippen LogP contribution in [-0.2, 0) is 7.05 Å². The first kappa shape index (κ1) is 8.44. The molecule has 4 heteroatoms. The molecule has 0 spiro atoms. The van der Waals surface area contributed by atoms with E-state index in [1.54, 1.807) is 22.9 Å². The molecule has 0 saturated heterocycles. The molecule has 13 heavy (non-hydrogen) atoms. The molecule has 0 aliphatic carbocycles. The molecule has 2 rings (SSSR count). The minimum atomic E-state index is 0.0758. The number of aromatic nitrogens is 2. The lowest BCUT2D eigenvalue weighted by atomic mass is 10.2. The minimum Gasteiger partial charge on any atom is -0.293 e. The van der Waals surface area contributed by atoms with Crippen molar-refractivity contribution >= 4 is 27.3 Å². The van der Waals surface area contributed by atoms with Gasteiger partial charge in [-0.15, -0.1) is 11.3 Å². The van der Waals surface area contributed by atoms with E-state index in [9.17, 15) is 4.79 Å². The second-order valence-electron chi connectivity index (χ2n) is 3.12. The van der Waals surface area contributed by atoms with Gasteiger partial charge >= 0.3 is 0 Å². The van der Waals surface area contributed by atoms with Crippen LogP contribution in [0.4, 0.5) is 0 Å². The van der Waals surface area contributed by atoms with E-state index in [4.69, 9.17) is 0 Å². The second-order valence-corrected chi connectivity index (χ2v) is 4.00. The van der Waals surface area contributed by atoms with Crippen LogP contribution in [0.25, 0.3) is 10.2 Å². The molecule has 0 N–H and O–H groups in total. The van der Waals surface area contributed by atoms with E-state index >= 15 is 0 Å². The molecule has 0 bridgehead atoms. The number of hydrogen-bond donors (Lipinski definition) is 0. The molecule has 2 aromatic rings. The van der Waals surface area contributed by atoms with Crippen molar-refractivity contribution in [3.05, 3.63) is 16.6 Å². The van der Waals surface area contributed by atoms with E-state index in [1.165, 1.54) is 0 Å². The summed E-state index contributed by atoms with van der Waals surface area (Å²) in [5.41, 5.74) is 2.81. The summed E-state index contributed by atoms with van der Waals surface area (Å²) >= 11 is 1.59. The van der Waals surface area contributed by atoms with Gasteiger partial charge in [0.1, 0.15) is 11.2 Å². The highest BCUT2D eigenvalue weighted by Crippen LogP contribution is 2.27. The number of rotatable bonds is 1. The Morgan fingerprint density at radius 1 is 1.62 bits per heavy atom. The van der Waals surface area contributed by atoms with Crippen molar-refractivity contribution in [1.82, 2.24) is 9.78 Å². The summed E-state index contributed by atoms with van der Waals surface area (Å²) in [5, 5.41) is 6.33. The highest BCUT2D eigenvalue weighted by molar-refractivity contribution is 7.17. The lowest BCUT2D eigenvalue weighted by Crippen LogP contribution is -2.02. The van der Waals surface area contributed by atoms with Crippen molar-refractivity contribution in [1.29, 1.82) is 0 Å². The molecule has 0 aliphatic heterocycles. The summed E-state index contributed by atoms with van der Waals surface area (Å²) in [7, 11) is 1.81. The van der Waals surface area contributed by atoms with Crippen LogP contribution in [0.3, 0.4) is 0 Å². The topological polar surface area (TPSA) is 34.9 Å². The summed E-state index contributed by atoms with van der Waals surface area (Å²) in [6.07, 6.45) is 0. The molecule has 0 radical (unpaired) electrons. The summed E-state index contributed by atoms with van der Waals surface area (Å²) in [4.78, 5) is 11.3. The van der Waals surface area contributed by atoms with Gasteiger partial charge in [-0.25, -0.2) is 0 Å². The first-order valence-electron chi connectivity index (χ1n) is 4.03. The summed E-state index contributed by atoms with van der Waals surface area (Å²) in [6, 6.07) is 0. The van der Waals surface area contributed by atoms with Gasteiger partial charge < -0.3 is 0 Å². The molecule has 3 nitrogen and oxygen atoms in total. The first-order chi connectivity index (χ1) is 6.11. The number of Topliss-reactive ketones (excluding diaryl/α,β-unsaturated/α-hetero) is 1. The zero-order valence-corrected chi connectivity index (χ0v) is 8.60. The zero-order valence-electron chi connectivity index (χ0n) is 7.79. The first-order valence-corrected chi connectivity index (χ1v) is 4.91. The molecule has 0 unspecified atom stereocenters. The van der Waals surface area contributed by atoms with Gasteiger partial charge in [0.05, 0.1) is 4.70 Å². The van der Waals surface area contributed by atoms with Crippen LogP contribution in [0, 0.1) is 6.92 Å². The van der Waals surface area contributed by atoms with Crippen LogP contribution in [0.5, 0.6) is 0 Å². The molecule has 0 fully saturated rings. The molecular weight excluding hydrogens is 184 g/mol. The maximum atomic E-state index is 11.3. The second kappa shape index (κ2) is 2.67. The number of hydrogen-bond acceptors (Lipinski definition) is 3. The largest absolute Gasteiger partial charge is 0.293 e. The van der Waals surface area contributed by atoms with Gasteiger partial charge in [-0.05, 0) is 17.9 Å². The van der Waals surface area contributed by atoms with E-state index in [-0.39, 0.29) is 5.78 Å². The predicted octanol–water partition coefficient (Wildman–Crippen LogP) is 2.15. The molecule has 68 valence electrons. The number of carbonyl (C=O) groups is 1. The van der Waals surface area contributed by atoms with Crippen molar-refractivity contribution in [3.63, 3.8) is 0 Å². The zero-order chi connectivity index (χ0) is 9.59. The van der Waals surface area contributed by atoms with Crippen molar-refractivity contribution in [2.45, 2.75) is 13.8 Å². The Morgan fingerprint density at radius 2 is 2.31 bits per heavy atom. The Balaban J connectivity index is 2.86. The highest BCUT2D eigenvalue weighted by Gasteiger charge is 2.15. The number of thiophene rings is 1. The summed E-state index contributed by atoms with van der Waals surface area (Å²) in [6.45, 7) is 3.58. The van der Waals surface area contributed by atoms with Gasteiger partial charge in [-0.1, -0.05) is 0 Å². The van der Waals surface area contributed by atoms with Crippen molar-refractivity contribution in [2.75, 3.05) is 0 Å². The van der Waals surface area contributed by atoms with Crippen molar-refractivity contribution in [3.8, 4) is 0 Å². The minimum absolute atomic E-state index is 0.0758. The van der Waals surface area contributed by atoms with Crippen LogP contribution in [0.1, 0.15) is 23.0 Å². The molecule has 2 heterocycles. The quantitative estimate of drug-likeness (QED) is 0.652. The third-order valence-electron chi connectivity index (χ3n) is 2.06. The Hall–Kier alpha value is -1.16. The average Bonchev–Trinajstić information content (AvgIpc) is 2.51. The fourth-order valence-corrected chi connectivity index (χ4v) is 2.57. The lowest BCUT2D eigenvalue weighted by Gasteiger charge is -1.94. The normalized spacial score (nSPS) is 11.0. The smallest absolute Gasteiger partial charge is 0.179 e. The van der Waals surface area contributed by atoms with Crippen LogP contribution in [0.15, 0.2) is 5.38 Å². The Bertz CT molecular complexity index is 481. The Kier molecular flexibility index (Phi) is 1.73. The molecule has 0 aromatic carbocycles. The lowest BCUT2D eigenvalue weighted by molar-refractivity contribution is 0.101. The fourth-order valence-electron chi connectivity index (χ4n) is 1.46. The van der Waals surface area contributed by atoms with E-state index < -0.39 is 0 Å². The predicted molar refractivity (Wildman–Crippen MR) is 53.3 cm³/mol. The summed E-state index contributed by atoms with van der Waals surface area (Å²) in [5.74, 6) is 0.0758. The SMILES string of the molecule is CC(=O)c1c2scc(C)c2nn1C. The number of carbonyl (C=O) groups excluding carboxylic acids is 1. The number of nitrogens with zero attached hydrogens (tertiary/aromatic N) is 2. The molecule has 2 aromatic heterocycles. The summed E-state index contributed by atoms with van der Waals surface area (Å²) < 4.78 is 2.67. The number of fused-ring (bicyclic) bond motifs is 1. The van der Waals surface area contributed by atoms with Gasteiger partial charge in [-0.2, -0.15) is 5.10 Å². The van der Waals surface area contributed by atoms with E-state index in [0.29, 0.717) is 5.69 Å². The molecular formula is C9H10N2OS. The molecule has 0 amide bonds. The van der Waals surface area contributed by atoms with E-state index in [1.807, 2.05) is 19.4 Å². The van der Waals surface area contributed by atoms with Crippen LogP contribution < -0.4 is 0 Å². The van der Waals surface area contributed by atoms with Gasteiger partial charge in [-0.3, -0.25) is 9.48 Å². The van der Waals surface area contributed by atoms with Crippen molar-refractivity contribution in [2.24, 2.45) is 7.05 Å². The fraction of sp³-hybridized carbons (Fsp3) is 0.333.